The summed E-state index contributed by atoms with van der Waals surface area (Å²) in [6, 6.07) is 12.9. The van der Waals surface area contributed by atoms with Crippen molar-refractivity contribution in [2.45, 2.75) is 19.4 Å². The van der Waals surface area contributed by atoms with E-state index in [4.69, 9.17) is 10.5 Å². The van der Waals surface area contributed by atoms with Crippen LogP contribution in [0.2, 0.25) is 0 Å². The second-order valence-corrected chi connectivity index (χ2v) is 6.34. The summed E-state index contributed by atoms with van der Waals surface area (Å²) >= 11 is 0. The summed E-state index contributed by atoms with van der Waals surface area (Å²) in [5.74, 6) is 0.0284. The lowest BCUT2D eigenvalue weighted by molar-refractivity contribution is -0.117. The van der Waals surface area contributed by atoms with Gasteiger partial charge in [-0.3, -0.25) is 9.59 Å². The van der Waals surface area contributed by atoms with Crippen LogP contribution in [0.15, 0.2) is 48.5 Å². The molecule has 28 heavy (non-hydrogen) atoms. The van der Waals surface area contributed by atoms with Crippen molar-refractivity contribution < 1.29 is 19.1 Å². The number of hydrogen-bond donors (Lipinski definition) is 3. The Morgan fingerprint density at radius 1 is 1.18 bits per heavy atom. The molecule has 0 radical (unpaired) electrons. The number of nitrogens with two attached hydrogens (primary N) is 1. The number of carbonyl (C=O) groups excluding carboxylic acids is 3. The number of para-hydroxylation sites is 1. The standard InChI is InChI=1S/C20H22N4O4/c1-2-28-15-9-7-14(8-10-15)24-12-13(11-18(24)25)22-20(27)23-17-6-4-3-5-16(17)19(21)26/h3-10,13H,2,11-12H2,1H3,(H2,21,26)(H2,22,23,27). The zero-order chi connectivity index (χ0) is 20.1. The number of nitrogens with zero attached hydrogens (tertiary/aromatic N) is 1. The normalized spacial score (nSPS) is 16.0. The maximum Gasteiger partial charge on any atom is 0.319 e. The second kappa shape index (κ2) is 8.43. The molecule has 1 fully saturated rings. The van der Waals surface area contributed by atoms with Crippen molar-refractivity contribution in [1.82, 2.24) is 5.32 Å². The fourth-order valence-electron chi connectivity index (χ4n) is 3.09. The highest BCUT2D eigenvalue weighted by atomic mass is 16.5. The van der Waals surface area contributed by atoms with E-state index in [9.17, 15) is 14.4 Å². The Morgan fingerprint density at radius 2 is 1.89 bits per heavy atom. The Kier molecular flexibility index (Phi) is 5.78. The molecule has 8 heteroatoms. The van der Waals surface area contributed by atoms with Crippen LogP contribution < -0.4 is 26.0 Å². The molecule has 146 valence electrons. The van der Waals surface area contributed by atoms with Crippen LogP contribution in [0.25, 0.3) is 0 Å². The number of primary amides is 1. The molecular formula is C20H22N4O4. The molecule has 1 atom stereocenters. The highest BCUT2D eigenvalue weighted by Gasteiger charge is 2.31. The maximum absolute atomic E-state index is 12.3. The van der Waals surface area contributed by atoms with Crippen molar-refractivity contribution in [2.75, 3.05) is 23.4 Å². The van der Waals surface area contributed by atoms with Gasteiger partial charge in [0.2, 0.25) is 5.91 Å². The molecule has 1 aliphatic rings. The summed E-state index contributed by atoms with van der Waals surface area (Å²) in [6.45, 7) is 2.83. The molecule has 8 nitrogen and oxygen atoms in total. The van der Waals surface area contributed by atoms with Gasteiger partial charge in [-0.1, -0.05) is 12.1 Å². The molecule has 1 aliphatic heterocycles. The van der Waals surface area contributed by atoms with Gasteiger partial charge in [-0.15, -0.1) is 0 Å². The minimum atomic E-state index is -0.631. The maximum atomic E-state index is 12.3. The zero-order valence-corrected chi connectivity index (χ0v) is 15.5. The minimum Gasteiger partial charge on any atom is -0.494 e. The zero-order valence-electron chi connectivity index (χ0n) is 15.5. The van der Waals surface area contributed by atoms with E-state index in [2.05, 4.69) is 10.6 Å². The number of ether oxygens (including phenoxy) is 1. The lowest BCUT2D eigenvalue weighted by Crippen LogP contribution is -2.40. The first-order valence-electron chi connectivity index (χ1n) is 8.97. The lowest BCUT2D eigenvalue weighted by Gasteiger charge is -2.18. The van der Waals surface area contributed by atoms with E-state index in [1.165, 1.54) is 6.07 Å². The third-order valence-electron chi connectivity index (χ3n) is 4.36. The topological polar surface area (TPSA) is 114 Å². The third-order valence-corrected chi connectivity index (χ3v) is 4.36. The van der Waals surface area contributed by atoms with E-state index >= 15 is 0 Å². The van der Waals surface area contributed by atoms with Gasteiger partial charge in [0.05, 0.1) is 23.9 Å². The molecule has 1 unspecified atom stereocenters. The monoisotopic (exact) mass is 382 g/mol. The molecule has 0 spiro atoms. The van der Waals surface area contributed by atoms with Crippen LogP contribution in [-0.4, -0.2) is 37.0 Å². The number of hydrogen-bond acceptors (Lipinski definition) is 4. The summed E-state index contributed by atoms with van der Waals surface area (Å²) in [5, 5.41) is 5.38. The number of nitrogens with one attached hydrogen (secondary N) is 2. The average molecular weight is 382 g/mol. The van der Waals surface area contributed by atoms with Gasteiger partial charge >= 0.3 is 6.03 Å². The van der Waals surface area contributed by atoms with Crippen LogP contribution in [0, 0.1) is 0 Å². The van der Waals surface area contributed by atoms with Gasteiger partial charge in [0.15, 0.2) is 0 Å². The van der Waals surface area contributed by atoms with Crippen LogP contribution >= 0.6 is 0 Å². The Morgan fingerprint density at radius 3 is 2.57 bits per heavy atom. The highest BCUT2D eigenvalue weighted by molar-refractivity contribution is 6.03. The lowest BCUT2D eigenvalue weighted by atomic mass is 10.1. The second-order valence-electron chi connectivity index (χ2n) is 6.34. The number of benzene rings is 2. The molecule has 1 heterocycles. The van der Waals surface area contributed by atoms with Crippen molar-refractivity contribution in [3.05, 3.63) is 54.1 Å². The van der Waals surface area contributed by atoms with E-state index in [0.717, 1.165) is 11.4 Å². The third kappa shape index (κ3) is 4.40. The Labute approximate surface area is 162 Å². The van der Waals surface area contributed by atoms with Gasteiger partial charge in [-0.2, -0.15) is 0 Å². The van der Waals surface area contributed by atoms with E-state index < -0.39 is 11.9 Å². The average Bonchev–Trinajstić information content (AvgIpc) is 3.02. The first-order valence-corrected chi connectivity index (χ1v) is 8.97. The Bertz CT molecular complexity index is 882. The van der Waals surface area contributed by atoms with Gasteiger partial charge in [0.1, 0.15) is 5.75 Å². The molecule has 2 aromatic carbocycles. The fourth-order valence-corrected chi connectivity index (χ4v) is 3.09. The number of urea groups is 1. The van der Waals surface area contributed by atoms with Gasteiger partial charge in [-0.05, 0) is 43.3 Å². The summed E-state index contributed by atoms with van der Waals surface area (Å²) in [7, 11) is 0. The molecule has 0 aromatic heterocycles. The molecular weight excluding hydrogens is 360 g/mol. The molecule has 0 saturated carbocycles. The van der Waals surface area contributed by atoms with Crippen molar-refractivity contribution in [3.8, 4) is 5.75 Å². The largest absolute Gasteiger partial charge is 0.494 e. The number of rotatable bonds is 6. The Hall–Kier alpha value is -3.55. The summed E-state index contributed by atoms with van der Waals surface area (Å²) in [4.78, 5) is 37.7. The van der Waals surface area contributed by atoms with Crippen LogP contribution in [0.4, 0.5) is 16.2 Å². The number of anilines is 2. The molecule has 1 saturated heterocycles. The SMILES string of the molecule is CCOc1ccc(N2CC(NC(=O)Nc3ccccc3C(N)=O)CC2=O)cc1. The molecule has 0 aliphatic carbocycles. The summed E-state index contributed by atoms with van der Waals surface area (Å²) in [5.41, 5.74) is 6.60. The van der Waals surface area contributed by atoms with Crippen LogP contribution in [0.1, 0.15) is 23.7 Å². The minimum absolute atomic E-state index is 0.0769. The van der Waals surface area contributed by atoms with E-state index in [-0.39, 0.29) is 23.9 Å². The van der Waals surface area contributed by atoms with Gasteiger partial charge < -0.3 is 26.0 Å². The van der Waals surface area contributed by atoms with E-state index in [0.29, 0.717) is 18.8 Å². The van der Waals surface area contributed by atoms with Crippen molar-refractivity contribution in [2.24, 2.45) is 5.73 Å². The first kappa shape index (κ1) is 19.2. The number of amides is 4. The summed E-state index contributed by atoms with van der Waals surface area (Å²) in [6.07, 6.45) is 0.193. The van der Waals surface area contributed by atoms with Gasteiger partial charge in [0, 0.05) is 18.7 Å². The molecule has 0 bridgehead atoms. The van der Waals surface area contributed by atoms with E-state index in [1.807, 2.05) is 19.1 Å². The van der Waals surface area contributed by atoms with Gasteiger partial charge in [-0.25, -0.2) is 4.79 Å². The van der Waals surface area contributed by atoms with Crippen molar-refractivity contribution >= 4 is 29.2 Å². The predicted molar refractivity (Wildman–Crippen MR) is 105 cm³/mol. The number of carbonyl (C=O) groups is 3. The predicted octanol–water partition coefficient (Wildman–Crippen LogP) is 2.11. The van der Waals surface area contributed by atoms with Crippen LogP contribution in [0.5, 0.6) is 5.75 Å². The quantitative estimate of drug-likeness (QED) is 0.710. The van der Waals surface area contributed by atoms with Crippen LogP contribution in [-0.2, 0) is 4.79 Å². The smallest absolute Gasteiger partial charge is 0.319 e. The highest BCUT2D eigenvalue weighted by Crippen LogP contribution is 2.24. The van der Waals surface area contributed by atoms with Crippen molar-refractivity contribution in [1.29, 1.82) is 0 Å². The molecule has 3 rings (SSSR count). The molecule has 4 amide bonds. The van der Waals surface area contributed by atoms with Crippen LogP contribution in [0.3, 0.4) is 0 Å². The first-order chi connectivity index (χ1) is 13.5. The fraction of sp³-hybridized carbons (Fsp3) is 0.250. The Balaban J connectivity index is 1.61. The molecule has 2 aromatic rings. The summed E-state index contributed by atoms with van der Waals surface area (Å²) < 4.78 is 5.41. The molecule has 4 N–H and O–H groups in total. The van der Waals surface area contributed by atoms with Crippen molar-refractivity contribution in [3.63, 3.8) is 0 Å². The van der Waals surface area contributed by atoms with E-state index in [1.54, 1.807) is 35.2 Å². The van der Waals surface area contributed by atoms with Gasteiger partial charge in [0.25, 0.3) is 5.91 Å².